The highest BCUT2D eigenvalue weighted by Gasteiger charge is 2.64. The first-order chi connectivity index (χ1) is 6.66. The topological polar surface area (TPSA) is 61.8 Å². The van der Waals surface area contributed by atoms with Crippen molar-refractivity contribution in [2.24, 2.45) is 5.92 Å². The Hall–Kier alpha value is -1.10. The summed E-state index contributed by atoms with van der Waals surface area (Å²) in [6, 6.07) is 0. The number of carbonyl (C=O) groups excluding carboxylic acids is 2. The molecule has 3 rings (SSSR count). The Morgan fingerprint density at radius 3 is 3.00 bits per heavy atom. The third kappa shape index (κ3) is 0.877. The lowest BCUT2D eigenvalue weighted by atomic mass is 9.88. The molecule has 2 bridgehead atoms. The number of carbonyl (C=O) groups is 2. The maximum absolute atomic E-state index is 11.3. The lowest BCUT2D eigenvalue weighted by Crippen LogP contribution is -2.39. The number of esters is 2. The third-order valence-corrected chi connectivity index (χ3v) is 3.09. The van der Waals surface area contributed by atoms with E-state index in [4.69, 9.17) is 14.2 Å². The molecule has 0 radical (unpaired) electrons. The van der Waals surface area contributed by atoms with E-state index in [2.05, 4.69) is 0 Å². The fraction of sp³-hybridized carbons (Fsp3) is 0.778. The van der Waals surface area contributed by atoms with Gasteiger partial charge in [-0.25, -0.2) is 0 Å². The highest BCUT2D eigenvalue weighted by molar-refractivity contribution is 5.77. The van der Waals surface area contributed by atoms with Crippen molar-refractivity contribution >= 4 is 11.9 Å². The Morgan fingerprint density at radius 1 is 1.50 bits per heavy atom. The van der Waals surface area contributed by atoms with Gasteiger partial charge in [0.1, 0.15) is 6.10 Å². The van der Waals surface area contributed by atoms with E-state index in [1.165, 1.54) is 6.92 Å². The summed E-state index contributed by atoms with van der Waals surface area (Å²) in [6.07, 6.45) is -0.463. The van der Waals surface area contributed by atoms with Gasteiger partial charge >= 0.3 is 11.9 Å². The van der Waals surface area contributed by atoms with Gasteiger partial charge in [-0.1, -0.05) is 0 Å². The quantitative estimate of drug-likeness (QED) is 0.538. The van der Waals surface area contributed by atoms with Gasteiger partial charge in [-0.3, -0.25) is 9.59 Å². The molecule has 3 aliphatic rings. The van der Waals surface area contributed by atoms with E-state index >= 15 is 0 Å². The summed E-state index contributed by atoms with van der Waals surface area (Å²) >= 11 is 0. The second kappa shape index (κ2) is 2.48. The minimum atomic E-state index is -0.389. The second-order valence-corrected chi connectivity index (χ2v) is 3.96. The van der Waals surface area contributed by atoms with E-state index in [0.717, 1.165) is 0 Å². The van der Waals surface area contributed by atoms with Crippen LogP contribution in [0.2, 0.25) is 0 Å². The SMILES string of the molecule is CC(=O)O[C@H]1[C@@H]2OC(=O)[C@@H]3C[C@H]1O[C@H]23. The number of fused-ring (bicyclic) bond motifs is 1. The van der Waals surface area contributed by atoms with Crippen molar-refractivity contribution in [1.29, 1.82) is 0 Å². The summed E-state index contributed by atoms with van der Waals surface area (Å²) in [4.78, 5) is 22.1. The molecule has 76 valence electrons. The molecule has 0 unspecified atom stereocenters. The molecule has 0 aromatic rings. The van der Waals surface area contributed by atoms with Gasteiger partial charge in [0.15, 0.2) is 12.2 Å². The summed E-state index contributed by atoms with van der Waals surface area (Å²) in [5, 5.41) is 0. The van der Waals surface area contributed by atoms with Crippen LogP contribution in [0.4, 0.5) is 0 Å². The Labute approximate surface area is 80.3 Å². The summed E-state index contributed by atoms with van der Waals surface area (Å²) in [7, 11) is 0. The molecule has 3 aliphatic heterocycles. The molecular weight excluding hydrogens is 188 g/mol. The Morgan fingerprint density at radius 2 is 2.29 bits per heavy atom. The lowest BCUT2D eigenvalue weighted by molar-refractivity contribution is -0.158. The highest BCUT2D eigenvalue weighted by atomic mass is 16.7. The van der Waals surface area contributed by atoms with Crippen molar-refractivity contribution < 1.29 is 23.8 Å². The first-order valence-electron chi connectivity index (χ1n) is 4.70. The van der Waals surface area contributed by atoms with Crippen molar-refractivity contribution in [2.75, 3.05) is 0 Å². The van der Waals surface area contributed by atoms with Crippen LogP contribution in [0, 0.1) is 5.92 Å². The minimum absolute atomic E-state index is 0.128. The van der Waals surface area contributed by atoms with Crippen molar-refractivity contribution in [3.63, 3.8) is 0 Å². The first-order valence-corrected chi connectivity index (χ1v) is 4.70. The summed E-state index contributed by atoms with van der Waals surface area (Å²) < 4.78 is 15.7. The zero-order valence-electron chi connectivity index (χ0n) is 7.64. The van der Waals surface area contributed by atoms with Crippen LogP contribution in [0.25, 0.3) is 0 Å². The van der Waals surface area contributed by atoms with Gasteiger partial charge in [0.25, 0.3) is 0 Å². The number of hydrogen-bond donors (Lipinski definition) is 0. The zero-order chi connectivity index (χ0) is 9.87. The minimum Gasteiger partial charge on any atom is -0.456 e. The van der Waals surface area contributed by atoms with Crippen molar-refractivity contribution in [2.45, 2.75) is 37.8 Å². The maximum Gasteiger partial charge on any atom is 0.312 e. The molecule has 5 nitrogen and oxygen atoms in total. The Bertz CT molecular complexity index is 312. The predicted molar refractivity (Wildman–Crippen MR) is 42.2 cm³/mol. The van der Waals surface area contributed by atoms with Gasteiger partial charge < -0.3 is 14.2 Å². The fourth-order valence-electron chi connectivity index (χ4n) is 2.57. The van der Waals surface area contributed by atoms with Crippen LogP contribution in [0.1, 0.15) is 13.3 Å². The van der Waals surface area contributed by atoms with Gasteiger partial charge in [0, 0.05) is 6.92 Å². The summed E-state index contributed by atoms with van der Waals surface area (Å²) in [6.45, 7) is 1.35. The lowest BCUT2D eigenvalue weighted by Gasteiger charge is -2.21. The molecule has 0 spiro atoms. The predicted octanol–water partition coefficient (Wildman–Crippen LogP) is -0.369. The van der Waals surface area contributed by atoms with E-state index < -0.39 is 0 Å². The van der Waals surface area contributed by atoms with Crippen LogP contribution in [0.5, 0.6) is 0 Å². The third-order valence-electron chi connectivity index (χ3n) is 3.09. The van der Waals surface area contributed by atoms with E-state index in [0.29, 0.717) is 6.42 Å². The van der Waals surface area contributed by atoms with Crippen LogP contribution >= 0.6 is 0 Å². The van der Waals surface area contributed by atoms with Gasteiger partial charge in [-0.2, -0.15) is 0 Å². The van der Waals surface area contributed by atoms with Crippen molar-refractivity contribution in [3.05, 3.63) is 0 Å². The number of hydrogen-bond acceptors (Lipinski definition) is 5. The monoisotopic (exact) mass is 198 g/mol. The smallest absolute Gasteiger partial charge is 0.312 e. The van der Waals surface area contributed by atoms with Crippen molar-refractivity contribution in [1.82, 2.24) is 0 Å². The molecule has 3 heterocycles. The van der Waals surface area contributed by atoms with E-state index in [9.17, 15) is 9.59 Å². The van der Waals surface area contributed by atoms with Gasteiger partial charge in [-0.15, -0.1) is 0 Å². The Kier molecular flexibility index (Phi) is 1.45. The molecule has 0 saturated carbocycles. The van der Waals surface area contributed by atoms with Crippen LogP contribution in [0.3, 0.4) is 0 Å². The highest BCUT2D eigenvalue weighted by Crippen LogP contribution is 2.47. The van der Waals surface area contributed by atoms with E-state index in [1.54, 1.807) is 0 Å². The standard InChI is InChI=1S/C9H10O5/c1-3(10)12-7-5-2-4-6(13-5)8(7)14-9(4)11/h4-8H,2H2,1H3/t4-,5-,6+,7-,8-/m1/s1. The van der Waals surface area contributed by atoms with E-state index in [-0.39, 0.29) is 42.3 Å². The Balaban J connectivity index is 1.85. The van der Waals surface area contributed by atoms with Crippen LogP contribution in [-0.2, 0) is 23.8 Å². The van der Waals surface area contributed by atoms with E-state index in [1.807, 2.05) is 0 Å². The molecular formula is C9H10O5. The van der Waals surface area contributed by atoms with Crippen LogP contribution < -0.4 is 0 Å². The fourth-order valence-corrected chi connectivity index (χ4v) is 2.57. The summed E-state index contributed by atoms with van der Waals surface area (Å²) in [5.41, 5.74) is 0. The average Bonchev–Trinajstić information content (AvgIpc) is 2.67. The molecule has 5 heteroatoms. The molecule has 0 aliphatic carbocycles. The van der Waals surface area contributed by atoms with Crippen molar-refractivity contribution in [3.8, 4) is 0 Å². The van der Waals surface area contributed by atoms with Crippen LogP contribution in [-0.4, -0.2) is 36.4 Å². The van der Waals surface area contributed by atoms with Gasteiger partial charge in [0.2, 0.25) is 0 Å². The molecule has 0 aromatic heterocycles. The molecule has 3 saturated heterocycles. The number of rotatable bonds is 1. The normalized spacial score (nSPS) is 48.1. The van der Waals surface area contributed by atoms with Gasteiger partial charge in [-0.05, 0) is 6.42 Å². The largest absolute Gasteiger partial charge is 0.456 e. The molecule has 0 aromatic carbocycles. The zero-order valence-corrected chi connectivity index (χ0v) is 7.64. The number of ether oxygens (including phenoxy) is 3. The van der Waals surface area contributed by atoms with Gasteiger partial charge in [0.05, 0.1) is 12.0 Å². The molecule has 3 fully saturated rings. The summed E-state index contributed by atoms with van der Waals surface area (Å²) in [5.74, 6) is -0.695. The molecule has 5 atom stereocenters. The first kappa shape index (κ1) is 8.23. The average molecular weight is 198 g/mol. The second-order valence-electron chi connectivity index (χ2n) is 3.96. The van der Waals surface area contributed by atoms with Crippen LogP contribution in [0.15, 0.2) is 0 Å². The molecule has 0 N–H and O–H groups in total. The molecule has 0 amide bonds. The molecule has 14 heavy (non-hydrogen) atoms. The maximum atomic E-state index is 11.3.